The quantitative estimate of drug-likeness (QED) is 0.379. The molecule has 0 unspecified atom stereocenters. The first kappa shape index (κ1) is 20.6. The van der Waals surface area contributed by atoms with E-state index in [-0.39, 0.29) is 5.91 Å². The number of hydrogen-bond donors (Lipinski definition) is 2. The molecule has 0 spiro atoms. The Labute approximate surface area is 175 Å². The van der Waals surface area contributed by atoms with Gasteiger partial charge < -0.3 is 15.4 Å². The maximum absolute atomic E-state index is 12.1. The molecule has 1 amide bonds. The Kier molecular flexibility index (Phi) is 7.83. The van der Waals surface area contributed by atoms with E-state index in [1.54, 1.807) is 23.5 Å². The van der Waals surface area contributed by atoms with Crippen molar-refractivity contribution in [3.63, 3.8) is 0 Å². The fourth-order valence-electron chi connectivity index (χ4n) is 2.69. The van der Waals surface area contributed by atoms with Crippen LogP contribution in [0.1, 0.15) is 22.7 Å². The highest BCUT2D eigenvalue weighted by Crippen LogP contribution is 2.21. The molecule has 1 heterocycles. The summed E-state index contributed by atoms with van der Waals surface area (Å²) in [4.78, 5) is 16.5. The third-order valence-electron chi connectivity index (χ3n) is 4.13. The van der Waals surface area contributed by atoms with Crippen molar-refractivity contribution >= 4 is 29.0 Å². The number of para-hydroxylation sites is 2. The minimum absolute atomic E-state index is 0.116. The lowest BCUT2D eigenvalue weighted by Crippen LogP contribution is -2.23. The summed E-state index contributed by atoms with van der Waals surface area (Å²) in [6, 6.07) is 17.7. The molecule has 0 atom stereocenters. The molecular formula is C23H25N3O2S. The molecule has 0 aliphatic rings. The normalized spacial score (nSPS) is 10.8. The van der Waals surface area contributed by atoms with Crippen molar-refractivity contribution in [3.8, 4) is 5.75 Å². The zero-order valence-corrected chi connectivity index (χ0v) is 17.2. The second-order valence-corrected chi connectivity index (χ2v) is 7.52. The van der Waals surface area contributed by atoms with Crippen LogP contribution >= 0.6 is 11.3 Å². The number of carbonyl (C=O) groups excluding carboxylic acids is 1. The lowest BCUT2D eigenvalue weighted by Gasteiger charge is -2.08. The lowest BCUT2D eigenvalue weighted by molar-refractivity contribution is -0.116. The number of benzene rings is 2. The van der Waals surface area contributed by atoms with Gasteiger partial charge in [-0.05, 0) is 37.6 Å². The van der Waals surface area contributed by atoms with E-state index in [1.165, 1.54) is 0 Å². The molecule has 3 aromatic rings. The molecular weight excluding hydrogens is 382 g/mol. The molecule has 3 rings (SSSR count). The van der Waals surface area contributed by atoms with Gasteiger partial charge in [0.1, 0.15) is 12.4 Å². The Balaban J connectivity index is 1.42. The summed E-state index contributed by atoms with van der Waals surface area (Å²) in [5.74, 6) is 0.615. The molecule has 150 valence electrons. The maximum Gasteiger partial charge on any atom is 0.244 e. The molecule has 0 bridgehead atoms. The number of aryl methyl sites for hydroxylation is 1. The Hall–Kier alpha value is -3.12. The molecule has 0 aliphatic heterocycles. The summed E-state index contributed by atoms with van der Waals surface area (Å²) >= 11 is 1.61. The molecule has 6 heteroatoms. The molecule has 0 aliphatic carbocycles. The van der Waals surface area contributed by atoms with E-state index in [2.05, 4.69) is 15.6 Å². The number of carbonyl (C=O) groups is 1. The Morgan fingerprint density at radius 1 is 1.10 bits per heavy atom. The Bertz CT molecular complexity index is 938. The van der Waals surface area contributed by atoms with E-state index < -0.39 is 0 Å². The standard InChI is InChI=1S/C23H25N3O2S/c1-18-26-21(17-29-18)16-28-22-11-6-5-8-19(22)12-13-23(27)25-15-7-14-24-20-9-3-2-4-10-20/h2-6,8-13,17,24H,7,14-16H2,1H3,(H,25,27)/b13-12+. The minimum atomic E-state index is -0.116. The van der Waals surface area contributed by atoms with Gasteiger partial charge in [-0.15, -0.1) is 11.3 Å². The first-order valence-corrected chi connectivity index (χ1v) is 10.5. The summed E-state index contributed by atoms with van der Waals surface area (Å²) in [6.07, 6.45) is 4.17. The van der Waals surface area contributed by atoms with Crippen LogP contribution in [0.15, 0.2) is 66.1 Å². The Morgan fingerprint density at radius 3 is 2.69 bits per heavy atom. The van der Waals surface area contributed by atoms with Crippen LogP contribution in [0.25, 0.3) is 6.08 Å². The molecule has 0 saturated carbocycles. The summed E-state index contributed by atoms with van der Waals surface area (Å²) < 4.78 is 5.88. The maximum atomic E-state index is 12.1. The van der Waals surface area contributed by atoms with Gasteiger partial charge in [-0.1, -0.05) is 36.4 Å². The average molecular weight is 408 g/mol. The number of rotatable bonds is 10. The van der Waals surface area contributed by atoms with E-state index >= 15 is 0 Å². The second-order valence-electron chi connectivity index (χ2n) is 6.46. The number of nitrogens with zero attached hydrogens (tertiary/aromatic N) is 1. The number of hydrogen-bond acceptors (Lipinski definition) is 5. The second kappa shape index (κ2) is 11.0. The summed E-state index contributed by atoms with van der Waals surface area (Å²) in [5.41, 5.74) is 2.86. The van der Waals surface area contributed by atoms with Gasteiger partial charge >= 0.3 is 0 Å². The van der Waals surface area contributed by atoms with Gasteiger partial charge in [0.25, 0.3) is 0 Å². The van der Waals surface area contributed by atoms with Crippen molar-refractivity contribution < 1.29 is 9.53 Å². The zero-order chi connectivity index (χ0) is 20.3. The Morgan fingerprint density at radius 2 is 1.90 bits per heavy atom. The van der Waals surface area contributed by atoms with E-state index in [1.807, 2.05) is 66.9 Å². The zero-order valence-electron chi connectivity index (χ0n) is 16.4. The van der Waals surface area contributed by atoms with Gasteiger partial charge in [0.05, 0.1) is 10.7 Å². The summed E-state index contributed by atoms with van der Waals surface area (Å²) in [5, 5.41) is 9.24. The smallest absolute Gasteiger partial charge is 0.244 e. The van der Waals surface area contributed by atoms with Crippen LogP contribution < -0.4 is 15.4 Å². The lowest BCUT2D eigenvalue weighted by atomic mass is 10.2. The van der Waals surface area contributed by atoms with Crippen LogP contribution in [0.4, 0.5) is 5.69 Å². The van der Waals surface area contributed by atoms with Gasteiger partial charge in [-0.2, -0.15) is 0 Å². The largest absolute Gasteiger partial charge is 0.487 e. The van der Waals surface area contributed by atoms with Gasteiger partial charge in [0.2, 0.25) is 5.91 Å². The van der Waals surface area contributed by atoms with Gasteiger partial charge in [0, 0.05) is 35.8 Å². The summed E-state index contributed by atoms with van der Waals surface area (Å²) in [6.45, 7) is 3.81. The van der Waals surface area contributed by atoms with Crippen LogP contribution in [0.3, 0.4) is 0 Å². The van der Waals surface area contributed by atoms with E-state index in [0.717, 1.165) is 40.7 Å². The fourth-order valence-corrected chi connectivity index (χ4v) is 3.29. The molecule has 29 heavy (non-hydrogen) atoms. The topological polar surface area (TPSA) is 63.2 Å². The number of aromatic nitrogens is 1. The highest BCUT2D eigenvalue weighted by molar-refractivity contribution is 7.09. The molecule has 0 fully saturated rings. The van der Waals surface area contributed by atoms with Crippen molar-refractivity contribution in [2.75, 3.05) is 18.4 Å². The van der Waals surface area contributed by atoms with Crippen LogP contribution in [0.2, 0.25) is 0 Å². The molecule has 2 aromatic carbocycles. The first-order chi connectivity index (χ1) is 14.2. The number of anilines is 1. The van der Waals surface area contributed by atoms with Crippen LogP contribution in [0.5, 0.6) is 5.75 Å². The number of nitrogens with one attached hydrogen (secondary N) is 2. The summed E-state index contributed by atoms with van der Waals surface area (Å²) in [7, 11) is 0. The molecule has 1 aromatic heterocycles. The fraction of sp³-hybridized carbons (Fsp3) is 0.217. The SMILES string of the molecule is Cc1nc(COc2ccccc2/C=C/C(=O)NCCCNc2ccccc2)cs1. The monoisotopic (exact) mass is 407 g/mol. The predicted octanol–water partition coefficient (Wildman–Crippen LogP) is 4.66. The van der Waals surface area contributed by atoms with E-state index in [0.29, 0.717) is 13.2 Å². The molecule has 0 saturated heterocycles. The van der Waals surface area contributed by atoms with Crippen molar-refractivity contribution in [2.45, 2.75) is 20.0 Å². The third kappa shape index (κ3) is 7.08. The van der Waals surface area contributed by atoms with Gasteiger partial charge in [-0.25, -0.2) is 4.98 Å². The highest BCUT2D eigenvalue weighted by atomic mass is 32.1. The van der Waals surface area contributed by atoms with Gasteiger partial charge in [0.15, 0.2) is 0 Å². The van der Waals surface area contributed by atoms with Crippen molar-refractivity contribution in [2.24, 2.45) is 0 Å². The van der Waals surface area contributed by atoms with Crippen molar-refractivity contribution in [1.82, 2.24) is 10.3 Å². The molecule has 2 N–H and O–H groups in total. The molecule has 0 radical (unpaired) electrons. The minimum Gasteiger partial charge on any atom is -0.487 e. The number of amides is 1. The number of ether oxygens (including phenoxy) is 1. The van der Waals surface area contributed by atoms with E-state index in [4.69, 9.17) is 4.74 Å². The van der Waals surface area contributed by atoms with E-state index in [9.17, 15) is 4.79 Å². The molecule has 5 nitrogen and oxygen atoms in total. The predicted molar refractivity (Wildman–Crippen MR) is 119 cm³/mol. The van der Waals surface area contributed by atoms with Crippen molar-refractivity contribution in [3.05, 3.63) is 82.3 Å². The van der Waals surface area contributed by atoms with Crippen molar-refractivity contribution in [1.29, 1.82) is 0 Å². The van der Waals surface area contributed by atoms with Crippen LogP contribution in [-0.2, 0) is 11.4 Å². The highest BCUT2D eigenvalue weighted by Gasteiger charge is 2.04. The number of thiazole rings is 1. The van der Waals surface area contributed by atoms with Crippen LogP contribution in [-0.4, -0.2) is 24.0 Å². The first-order valence-electron chi connectivity index (χ1n) is 9.58. The average Bonchev–Trinajstić information content (AvgIpc) is 3.17. The van der Waals surface area contributed by atoms with Crippen LogP contribution in [0, 0.1) is 6.92 Å². The van der Waals surface area contributed by atoms with Gasteiger partial charge in [-0.3, -0.25) is 4.79 Å². The third-order valence-corrected chi connectivity index (χ3v) is 4.95.